The fourth-order valence-electron chi connectivity index (χ4n) is 2.41. The van der Waals surface area contributed by atoms with Gasteiger partial charge in [-0.2, -0.15) is 0 Å². The number of pyridine rings is 1. The fraction of sp³-hybridized carbons (Fsp3) is 0.417. The van der Waals surface area contributed by atoms with Crippen LogP contribution >= 0.6 is 23.2 Å². The van der Waals surface area contributed by atoms with Gasteiger partial charge in [0.25, 0.3) is 0 Å². The van der Waals surface area contributed by atoms with Crippen LogP contribution in [0, 0.1) is 0 Å². The molecule has 17 heavy (non-hydrogen) atoms. The van der Waals surface area contributed by atoms with E-state index in [0.29, 0.717) is 16.1 Å². The van der Waals surface area contributed by atoms with Gasteiger partial charge >= 0.3 is 0 Å². The van der Waals surface area contributed by atoms with Gasteiger partial charge in [-0.1, -0.05) is 23.2 Å². The summed E-state index contributed by atoms with van der Waals surface area (Å²) in [7, 11) is 0. The van der Waals surface area contributed by atoms with Gasteiger partial charge in [0.1, 0.15) is 5.82 Å². The molecule has 0 aromatic carbocycles. The Morgan fingerprint density at radius 2 is 2.06 bits per heavy atom. The molecule has 0 aliphatic carbocycles. The summed E-state index contributed by atoms with van der Waals surface area (Å²) < 4.78 is 2.06. The van der Waals surface area contributed by atoms with E-state index in [2.05, 4.69) is 14.7 Å². The lowest BCUT2D eigenvalue weighted by atomic mass is 9.97. The van der Waals surface area contributed by atoms with Crippen molar-refractivity contribution >= 4 is 28.7 Å². The number of fused-ring (bicyclic) bond motifs is 1. The second-order valence-electron chi connectivity index (χ2n) is 4.39. The third-order valence-electron chi connectivity index (χ3n) is 3.29. The van der Waals surface area contributed by atoms with Crippen molar-refractivity contribution in [2.75, 3.05) is 13.1 Å². The van der Waals surface area contributed by atoms with Crippen LogP contribution in [0.15, 0.2) is 18.3 Å². The fourth-order valence-corrected chi connectivity index (χ4v) is 2.80. The van der Waals surface area contributed by atoms with E-state index in [1.165, 1.54) is 0 Å². The Balaban J connectivity index is 2.10. The van der Waals surface area contributed by atoms with E-state index in [-0.39, 0.29) is 0 Å². The van der Waals surface area contributed by atoms with E-state index in [0.717, 1.165) is 37.3 Å². The maximum atomic E-state index is 6.16. The maximum Gasteiger partial charge on any atom is 0.155 e. The minimum Gasteiger partial charge on any atom is -0.317 e. The first kappa shape index (κ1) is 11.3. The van der Waals surface area contributed by atoms with Gasteiger partial charge in [0.2, 0.25) is 0 Å². The largest absolute Gasteiger partial charge is 0.317 e. The molecule has 1 saturated heterocycles. The summed E-state index contributed by atoms with van der Waals surface area (Å²) in [6, 6.07) is 3.73. The van der Waals surface area contributed by atoms with Gasteiger partial charge in [0, 0.05) is 17.1 Å². The summed E-state index contributed by atoms with van der Waals surface area (Å²) in [6.45, 7) is 2.09. The summed E-state index contributed by atoms with van der Waals surface area (Å²) in [6.07, 6.45) is 4.17. The predicted molar refractivity (Wildman–Crippen MR) is 70.1 cm³/mol. The lowest BCUT2D eigenvalue weighted by Crippen LogP contribution is -2.27. The first-order valence-corrected chi connectivity index (χ1v) is 6.55. The quantitative estimate of drug-likeness (QED) is 0.862. The van der Waals surface area contributed by atoms with Gasteiger partial charge in [-0.25, -0.2) is 4.98 Å². The van der Waals surface area contributed by atoms with Crippen LogP contribution in [0.2, 0.25) is 10.2 Å². The highest BCUT2D eigenvalue weighted by Crippen LogP contribution is 2.29. The molecule has 0 atom stereocenters. The number of rotatable bonds is 1. The maximum absolute atomic E-state index is 6.16. The number of hydrogen-bond acceptors (Lipinski definition) is 2. The normalized spacial score (nSPS) is 17.8. The average molecular weight is 270 g/mol. The molecular formula is C12H13Cl2N3. The molecule has 0 bridgehead atoms. The van der Waals surface area contributed by atoms with Crippen molar-refractivity contribution < 1.29 is 0 Å². The van der Waals surface area contributed by atoms with E-state index in [4.69, 9.17) is 23.2 Å². The average Bonchev–Trinajstić information content (AvgIpc) is 2.68. The summed E-state index contributed by atoms with van der Waals surface area (Å²) >= 11 is 12.1. The van der Waals surface area contributed by atoms with E-state index in [9.17, 15) is 0 Å². The topological polar surface area (TPSA) is 29.3 Å². The second-order valence-corrected chi connectivity index (χ2v) is 5.18. The van der Waals surface area contributed by atoms with Crippen molar-refractivity contribution in [3.8, 4) is 0 Å². The predicted octanol–water partition coefficient (Wildman–Crippen LogP) is 3.11. The summed E-state index contributed by atoms with van der Waals surface area (Å²) in [5.41, 5.74) is 0.896. The van der Waals surface area contributed by atoms with Crippen molar-refractivity contribution in [2.24, 2.45) is 0 Å². The van der Waals surface area contributed by atoms with Crippen molar-refractivity contribution in [1.29, 1.82) is 0 Å². The molecule has 0 unspecified atom stereocenters. The van der Waals surface area contributed by atoms with Crippen LogP contribution in [-0.4, -0.2) is 22.5 Å². The van der Waals surface area contributed by atoms with Gasteiger partial charge in [-0.15, -0.1) is 0 Å². The van der Waals surface area contributed by atoms with E-state index in [1.807, 2.05) is 18.3 Å². The van der Waals surface area contributed by atoms with Crippen LogP contribution in [0.5, 0.6) is 0 Å². The monoisotopic (exact) mass is 269 g/mol. The van der Waals surface area contributed by atoms with Crippen LogP contribution in [0.3, 0.4) is 0 Å². The minimum atomic E-state index is 0.484. The number of imidazole rings is 1. The van der Waals surface area contributed by atoms with Gasteiger partial charge in [-0.3, -0.25) is 0 Å². The zero-order chi connectivity index (χ0) is 11.8. The van der Waals surface area contributed by atoms with Gasteiger partial charge in [-0.05, 0) is 38.1 Å². The molecule has 0 amide bonds. The Kier molecular flexibility index (Phi) is 2.99. The van der Waals surface area contributed by atoms with Crippen molar-refractivity contribution in [1.82, 2.24) is 14.7 Å². The van der Waals surface area contributed by atoms with E-state index < -0.39 is 0 Å². The summed E-state index contributed by atoms with van der Waals surface area (Å²) in [4.78, 5) is 4.50. The molecule has 1 aliphatic rings. The van der Waals surface area contributed by atoms with Crippen molar-refractivity contribution in [2.45, 2.75) is 18.8 Å². The molecule has 1 aliphatic heterocycles. The first-order chi connectivity index (χ1) is 8.25. The van der Waals surface area contributed by atoms with Crippen LogP contribution in [0.4, 0.5) is 0 Å². The molecule has 0 radical (unpaired) electrons. The van der Waals surface area contributed by atoms with E-state index in [1.54, 1.807) is 0 Å². The number of piperidine rings is 1. The lowest BCUT2D eigenvalue weighted by Gasteiger charge is -2.21. The second kappa shape index (κ2) is 4.48. The van der Waals surface area contributed by atoms with Crippen molar-refractivity contribution in [3.63, 3.8) is 0 Å². The molecule has 1 N–H and O–H groups in total. The first-order valence-electron chi connectivity index (χ1n) is 5.79. The summed E-state index contributed by atoms with van der Waals surface area (Å²) in [5.74, 6) is 1.54. The Labute approximate surface area is 110 Å². The Morgan fingerprint density at radius 3 is 2.82 bits per heavy atom. The van der Waals surface area contributed by atoms with Crippen LogP contribution < -0.4 is 5.32 Å². The van der Waals surface area contributed by atoms with Gasteiger partial charge < -0.3 is 9.72 Å². The number of nitrogens with one attached hydrogen (secondary N) is 1. The van der Waals surface area contributed by atoms with Crippen molar-refractivity contribution in [3.05, 3.63) is 34.3 Å². The zero-order valence-corrected chi connectivity index (χ0v) is 10.8. The minimum absolute atomic E-state index is 0.484. The highest BCUT2D eigenvalue weighted by molar-refractivity contribution is 6.34. The highest BCUT2D eigenvalue weighted by Gasteiger charge is 2.21. The number of halogens is 2. The number of aromatic nitrogens is 2. The molecule has 90 valence electrons. The summed E-state index contributed by atoms with van der Waals surface area (Å²) in [5, 5.41) is 4.59. The smallest absolute Gasteiger partial charge is 0.155 e. The Morgan fingerprint density at radius 1 is 1.29 bits per heavy atom. The molecule has 0 saturated carbocycles. The Bertz CT molecular complexity index is 544. The standard InChI is InChI=1S/C12H13Cl2N3/c13-9-3-6-17-10(7-9)11(14)16-12(17)8-1-4-15-5-2-8/h3,6-8,15H,1-2,4-5H2. The number of nitrogens with zero attached hydrogens (tertiary/aromatic N) is 2. The molecular weight excluding hydrogens is 257 g/mol. The third kappa shape index (κ3) is 2.03. The van der Waals surface area contributed by atoms with Crippen LogP contribution in [-0.2, 0) is 0 Å². The molecule has 5 heteroatoms. The van der Waals surface area contributed by atoms with E-state index >= 15 is 0 Å². The lowest BCUT2D eigenvalue weighted by molar-refractivity contribution is 0.444. The van der Waals surface area contributed by atoms with Crippen LogP contribution in [0.25, 0.3) is 5.52 Å². The van der Waals surface area contributed by atoms with Crippen LogP contribution in [0.1, 0.15) is 24.6 Å². The van der Waals surface area contributed by atoms with Gasteiger partial charge in [0.05, 0.1) is 5.52 Å². The molecule has 2 aromatic rings. The zero-order valence-electron chi connectivity index (χ0n) is 9.29. The molecule has 0 spiro atoms. The van der Waals surface area contributed by atoms with Gasteiger partial charge in [0.15, 0.2) is 5.15 Å². The number of hydrogen-bond donors (Lipinski definition) is 1. The molecule has 3 heterocycles. The third-order valence-corrected chi connectivity index (χ3v) is 3.81. The molecule has 2 aromatic heterocycles. The SMILES string of the molecule is Clc1ccn2c(C3CCNCC3)nc(Cl)c2c1. The molecule has 3 nitrogen and oxygen atoms in total. The molecule has 1 fully saturated rings. The highest BCUT2D eigenvalue weighted by atomic mass is 35.5. The molecule has 3 rings (SSSR count). The Hall–Kier alpha value is -0.770.